The molecular formula is C22H25N3O3S3. The Hall–Kier alpha value is -2.04. The third kappa shape index (κ3) is 4.61. The number of nitrogens with two attached hydrogens (primary N) is 1. The number of benzene rings is 1. The van der Waals surface area contributed by atoms with Gasteiger partial charge in [0.2, 0.25) is 15.9 Å². The Morgan fingerprint density at radius 3 is 2.58 bits per heavy atom. The van der Waals surface area contributed by atoms with Crippen LogP contribution in [0.5, 0.6) is 0 Å². The van der Waals surface area contributed by atoms with E-state index in [2.05, 4.69) is 22.9 Å². The lowest BCUT2D eigenvalue weighted by Gasteiger charge is -2.37. The first-order valence-electron chi connectivity index (χ1n) is 9.98. The molecule has 2 N–H and O–H groups in total. The average Bonchev–Trinajstić information content (AvgIpc) is 3.43. The first kappa shape index (κ1) is 22.2. The van der Waals surface area contributed by atoms with Crippen molar-refractivity contribution in [3.8, 4) is 0 Å². The fraction of sp³-hybridized carbons (Fsp3) is 0.318. The zero-order valence-corrected chi connectivity index (χ0v) is 19.8. The lowest BCUT2D eigenvalue weighted by molar-refractivity contribution is -0.134. The minimum atomic E-state index is -3.72. The molecule has 0 saturated carbocycles. The van der Waals surface area contributed by atoms with Crippen molar-refractivity contribution >= 4 is 38.6 Å². The summed E-state index contributed by atoms with van der Waals surface area (Å²) in [6, 6.07) is 12.7. The van der Waals surface area contributed by atoms with Crippen LogP contribution in [-0.4, -0.2) is 44.3 Å². The number of carbonyl (C=O) groups excluding carboxylic acids is 1. The Balaban J connectivity index is 1.50. The standard InChI is InChI=1S/C22H25N3O3S3/c1-15(16-5-7-17(8-6-16)31(23,27)28)24(2)14-21(26)25-11-9-19-18(10-13-30-19)22(25)20-4-3-12-29-20/h3-8,10,12-13,15,22H,9,11,14H2,1-2H3,(H2,23,27,28). The van der Waals surface area contributed by atoms with Crippen LogP contribution in [0.1, 0.15) is 39.9 Å². The number of amides is 1. The summed E-state index contributed by atoms with van der Waals surface area (Å²) in [4.78, 5) is 20.0. The van der Waals surface area contributed by atoms with Crippen molar-refractivity contribution in [2.45, 2.75) is 30.3 Å². The van der Waals surface area contributed by atoms with Gasteiger partial charge in [-0.05, 0) is 66.5 Å². The van der Waals surface area contributed by atoms with E-state index >= 15 is 0 Å². The first-order chi connectivity index (χ1) is 14.8. The molecule has 0 bridgehead atoms. The molecular weight excluding hydrogens is 450 g/mol. The molecule has 3 heterocycles. The molecule has 1 aliphatic heterocycles. The number of fused-ring (bicyclic) bond motifs is 1. The number of likely N-dealkylation sites (N-methyl/N-ethyl adjacent to an activating group) is 1. The van der Waals surface area contributed by atoms with E-state index in [1.807, 2.05) is 29.8 Å². The summed E-state index contributed by atoms with van der Waals surface area (Å²) < 4.78 is 23.0. The first-order valence-corrected chi connectivity index (χ1v) is 13.3. The number of hydrogen-bond donors (Lipinski definition) is 1. The van der Waals surface area contributed by atoms with Gasteiger partial charge >= 0.3 is 0 Å². The molecule has 0 fully saturated rings. The fourth-order valence-electron chi connectivity index (χ4n) is 3.97. The molecule has 0 spiro atoms. The predicted octanol–water partition coefficient (Wildman–Crippen LogP) is 3.62. The van der Waals surface area contributed by atoms with E-state index in [1.165, 1.54) is 27.5 Å². The van der Waals surface area contributed by atoms with Crippen LogP contribution in [0.2, 0.25) is 0 Å². The maximum Gasteiger partial charge on any atom is 0.238 e. The van der Waals surface area contributed by atoms with Crippen molar-refractivity contribution in [1.82, 2.24) is 9.80 Å². The molecule has 0 aliphatic carbocycles. The van der Waals surface area contributed by atoms with E-state index in [9.17, 15) is 13.2 Å². The molecule has 31 heavy (non-hydrogen) atoms. The zero-order valence-electron chi connectivity index (χ0n) is 17.4. The van der Waals surface area contributed by atoms with Gasteiger partial charge in [0.1, 0.15) is 0 Å². The minimum Gasteiger partial charge on any atom is -0.329 e. The molecule has 0 radical (unpaired) electrons. The summed E-state index contributed by atoms with van der Waals surface area (Å²) in [6.07, 6.45) is 0.884. The normalized spacial score (nSPS) is 17.5. The fourth-order valence-corrected chi connectivity index (χ4v) is 6.24. The van der Waals surface area contributed by atoms with Gasteiger partial charge in [-0.1, -0.05) is 18.2 Å². The Labute approximate surface area is 191 Å². The van der Waals surface area contributed by atoms with Gasteiger partial charge in [0.15, 0.2) is 0 Å². The maximum absolute atomic E-state index is 13.4. The van der Waals surface area contributed by atoms with Gasteiger partial charge in [0.05, 0.1) is 17.5 Å². The summed E-state index contributed by atoms with van der Waals surface area (Å²) in [6.45, 7) is 2.99. The van der Waals surface area contributed by atoms with E-state index in [-0.39, 0.29) is 29.4 Å². The molecule has 9 heteroatoms. The second-order valence-corrected chi connectivity index (χ2v) is 11.3. The smallest absolute Gasteiger partial charge is 0.238 e. The molecule has 0 saturated heterocycles. The van der Waals surface area contributed by atoms with Crippen molar-refractivity contribution in [2.75, 3.05) is 20.1 Å². The molecule has 2 atom stereocenters. The number of carbonyl (C=O) groups is 1. The third-order valence-electron chi connectivity index (χ3n) is 5.84. The SMILES string of the molecule is CC(c1ccc(S(N)(=O)=O)cc1)N(C)CC(=O)N1CCc2sccc2C1c1cccs1. The van der Waals surface area contributed by atoms with E-state index in [4.69, 9.17) is 5.14 Å². The molecule has 3 aromatic rings. The molecule has 1 amide bonds. The van der Waals surface area contributed by atoms with Crippen molar-refractivity contribution in [3.05, 3.63) is 74.1 Å². The quantitative estimate of drug-likeness (QED) is 0.590. The summed E-state index contributed by atoms with van der Waals surface area (Å²) in [5.74, 6) is 0.0887. The van der Waals surface area contributed by atoms with Crippen molar-refractivity contribution in [1.29, 1.82) is 0 Å². The van der Waals surface area contributed by atoms with E-state index in [0.29, 0.717) is 6.54 Å². The molecule has 164 valence electrons. The van der Waals surface area contributed by atoms with Gasteiger partial charge in [-0.3, -0.25) is 9.69 Å². The van der Waals surface area contributed by atoms with Gasteiger partial charge in [-0.25, -0.2) is 13.6 Å². The van der Waals surface area contributed by atoms with Crippen LogP contribution in [0.25, 0.3) is 0 Å². The Morgan fingerprint density at radius 1 is 1.19 bits per heavy atom. The van der Waals surface area contributed by atoms with Gasteiger partial charge in [0.25, 0.3) is 0 Å². The van der Waals surface area contributed by atoms with Gasteiger partial charge in [0, 0.05) is 22.3 Å². The van der Waals surface area contributed by atoms with Gasteiger partial charge < -0.3 is 4.90 Å². The van der Waals surface area contributed by atoms with Crippen LogP contribution in [0, 0.1) is 0 Å². The number of nitrogens with zero attached hydrogens (tertiary/aromatic N) is 2. The molecule has 2 aromatic heterocycles. The highest BCUT2D eigenvalue weighted by Crippen LogP contribution is 2.39. The monoisotopic (exact) mass is 475 g/mol. The van der Waals surface area contributed by atoms with Gasteiger partial charge in [-0.2, -0.15) is 0 Å². The Morgan fingerprint density at radius 2 is 1.94 bits per heavy atom. The molecule has 6 nitrogen and oxygen atoms in total. The van der Waals surface area contributed by atoms with Crippen molar-refractivity contribution < 1.29 is 13.2 Å². The largest absolute Gasteiger partial charge is 0.329 e. The van der Waals surface area contributed by atoms with Crippen molar-refractivity contribution in [3.63, 3.8) is 0 Å². The number of primary sulfonamides is 1. The summed E-state index contributed by atoms with van der Waals surface area (Å²) in [5, 5.41) is 9.35. The second kappa shape index (κ2) is 8.84. The molecule has 1 aliphatic rings. The third-order valence-corrected chi connectivity index (χ3v) is 8.69. The van der Waals surface area contributed by atoms with Crippen molar-refractivity contribution in [2.24, 2.45) is 5.14 Å². The lowest BCUT2D eigenvalue weighted by atomic mass is 9.98. The Bertz CT molecular complexity index is 1150. The van der Waals surface area contributed by atoms with Crippen LogP contribution < -0.4 is 5.14 Å². The predicted molar refractivity (Wildman–Crippen MR) is 125 cm³/mol. The summed E-state index contributed by atoms with van der Waals surface area (Å²) >= 11 is 3.44. The molecule has 2 unspecified atom stereocenters. The lowest BCUT2D eigenvalue weighted by Crippen LogP contribution is -2.44. The number of rotatable bonds is 6. The van der Waals surface area contributed by atoms with Gasteiger partial charge in [-0.15, -0.1) is 22.7 Å². The van der Waals surface area contributed by atoms with E-state index in [1.54, 1.807) is 34.8 Å². The van der Waals surface area contributed by atoms with Crippen LogP contribution in [-0.2, 0) is 21.2 Å². The van der Waals surface area contributed by atoms with Crippen LogP contribution >= 0.6 is 22.7 Å². The molecule has 4 rings (SSSR count). The number of thiophene rings is 2. The van der Waals surface area contributed by atoms with E-state index in [0.717, 1.165) is 12.0 Å². The minimum absolute atomic E-state index is 0.0275. The summed E-state index contributed by atoms with van der Waals surface area (Å²) in [7, 11) is -1.81. The van der Waals surface area contributed by atoms with E-state index < -0.39 is 10.0 Å². The summed E-state index contributed by atoms with van der Waals surface area (Å²) in [5.41, 5.74) is 2.16. The average molecular weight is 476 g/mol. The maximum atomic E-state index is 13.4. The van der Waals surface area contributed by atoms with Crippen LogP contribution in [0.15, 0.2) is 58.1 Å². The van der Waals surface area contributed by atoms with Crippen LogP contribution in [0.4, 0.5) is 0 Å². The second-order valence-electron chi connectivity index (χ2n) is 7.76. The number of hydrogen-bond acceptors (Lipinski definition) is 6. The zero-order chi connectivity index (χ0) is 22.2. The highest BCUT2D eigenvalue weighted by atomic mass is 32.2. The topological polar surface area (TPSA) is 83.7 Å². The van der Waals surface area contributed by atoms with Crippen LogP contribution in [0.3, 0.4) is 0 Å². The molecule has 1 aromatic carbocycles. The highest BCUT2D eigenvalue weighted by molar-refractivity contribution is 7.89. The highest BCUT2D eigenvalue weighted by Gasteiger charge is 2.34. The Kier molecular flexibility index (Phi) is 6.32. The number of sulfonamides is 1.